The van der Waals surface area contributed by atoms with Crippen molar-refractivity contribution in [1.29, 1.82) is 0 Å². The van der Waals surface area contributed by atoms with E-state index in [2.05, 4.69) is 10.6 Å². The molecular weight excluding hydrogens is 369 g/mol. The van der Waals surface area contributed by atoms with E-state index >= 15 is 0 Å². The van der Waals surface area contributed by atoms with Crippen LogP contribution in [0.25, 0.3) is 0 Å². The van der Waals surface area contributed by atoms with Crippen LogP contribution in [0.4, 0.5) is 18.9 Å². The van der Waals surface area contributed by atoms with E-state index in [0.717, 1.165) is 19.1 Å². The summed E-state index contributed by atoms with van der Waals surface area (Å²) in [4.78, 5) is 34.9. The third kappa shape index (κ3) is 5.68. The van der Waals surface area contributed by atoms with Crippen molar-refractivity contribution < 1.29 is 37.4 Å². The molecular formula is C17H19F3N2O5. The lowest BCUT2D eigenvalue weighted by Gasteiger charge is -2.36. The van der Waals surface area contributed by atoms with E-state index < -0.39 is 35.1 Å². The van der Waals surface area contributed by atoms with Crippen LogP contribution in [0.1, 0.15) is 42.1 Å². The van der Waals surface area contributed by atoms with Gasteiger partial charge in [-0.05, 0) is 31.0 Å². The van der Waals surface area contributed by atoms with E-state index in [1.807, 2.05) is 0 Å². The highest BCUT2D eigenvalue weighted by Gasteiger charge is 2.37. The second-order valence-electron chi connectivity index (χ2n) is 6.40. The highest BCUT2D eigenvalue weighted by Crippen LogP contribution is 2.32. The van der Waals surface area contributed by atoms with Crippen LogP contribution >= 0.6 is 0 Å². The number of alkyl halides is 3. The molecule has 2 rings (SSSR count). The fourth-order valence-electron chi connectivity index (χ4n) is 2.91. The SMILES string of the molecule is CC(=O)Nc1cc(C(=O)NC2(CC(=O)O)CCOCC2)cc(C(F)(F)F)c1. The molecule has 7 nitrogen and oxygen atoms in total. The molecule has 0 saturated carbocycles. The molecule has 0 atom stereocenters. The van der Waals surface area contributed by atoms with E-state index in [-0.39, 0.29) is 43.7 Å². The lowest BCUT2D eigenvalue weighted by atomic mass is 9.86. The molecule has 1 saturated heterocycles. The number of ether oxygens (including phenoxy) is 1. The predicted molar refractivity (Wildman–Crippen MR) is 88.3 cm³/mol. The number of halogens is 3. The lowest BCUT2D eigenvalue weighted by Crippen LogP contribution is -2.53. The van der Waals surface area contributed by atoms with Gasteiger partial charge >= 0.3 is 12.1 Å². The maximum atomic E-state index is 13.1. The number of hydrogen-bond acceptors (Lipinski definition) is 4. The first-order chi connectivity index (χ1) is 12.5. The summed E-state index contributed by atoms with van der Waals surface area (Å²) in [7, 11) is 0. The fraction of sp³-hybridized carbons (Fsp3) is 0.471. The summed E-state index contributed by atoms with van der Waals surface area (Å²) < 4.78 is 44.5. The molecule has 1 aliphatic rings. The normalized spacial score (nSPS) is 16.4. The second-order valence-corrected chi connectivity index (χ2v) is 6.40. The molecule has 0 radical (unpaired) electrons. The number of carboxylic acids is 1. The van der Waals surface area contributed by atoms with Gasteiger partial charge in [-0.15, -0.1) is 0 Å². The quantitative estimate of drug-likeness (QED) is 0.719. The largest absolute Gasteiger partial charge is 0.481 e. The maximum Gasteiger partial charge on any atom is 0.416 e. The number of anilines is 1. The number of hydrogen-bond donors (Lipinski definition) is 3. The number of amides is 2. The minimum atomic E-state index is -4.72. The molecule has 3 N–H and O–H groups in total. The van der Waals surface area contributed by atoms with Crippen LogP contribution < -0.4 is 10.6 Å². The van der Waals surface area contributed by atoms with Crippen molar-refractivity contribution in [2.24, 2.45) is 0 Å². The van der Waals surface area contributed by atoms with Gasteiger partial charge in [-0.25, -0.2) is 0 Å². The van der Waals surface area contributed by atoms with Crippen LogP contribution in [0.3, 0.4) is 0 Å². The van der Waals surface area contributed by atoms with Gasteiger partial charge in [-0.2, -0.15) is 13.2 Å². The second kappa shape index (κ2) is 7.95. The van der Waals surface area contributed by atoms with Crippen molar-refractivity contribution in [2.45, 2.75) is 37.9 Å². The minimum absolute atomic E-state index is 0.179. The van der Waals surface area contributed by atoms with Gasteiger partial charge in [0.05, 0.1) is 17.5 Å². The summed E-state index contributed by atoms with van der Waals surface area (Å²) >= 11 is 0. The summed E-state index contributed by atoms with van der Waals surface area (Å²) in [5.41, 5.74) is -2.71. The van der Waals surface area contributed by atoms with Crippen molar-refractivity contribution in [3.05, 3.63) is 29.3 Å². The fourth-order valence-corrected chi connectivity index (χ4v) is 2.91. The zero-order valence-corrected chi connectivity index (χ0v) is 14.5. The molecule has 1 aromatic rings. The topological polar surface area (TPSA) is 105 Å². The Kier molecular flexibility index (Phi) is 6.09. The number of rotatable bonds is 5. The lowest BCUT2D eigenvalue weighted by molar-refractivity contribution is -0.139. The van der Waals surface area contributed by atoms with Crippen molar-refractivity contribution in [1.82, 2.24) is 5.32 Å². The first kappa shape index (κ1) is 20.7. The molecule has 148 valence electrons. The van der Waals surface area contributed by atoms with Crippen molar-refractivity contribution in [2.75, 3.05) is 18.5 Å². The monoisotopic (exact) mass is 388 g/mol. The minimum Gasteiger partial charge on any atom is -0.481 e. The molecule has 0 aromatic heterocycles. The first-order valence-electron chi connectivity index (χ1n) is 8.13. The Morgan fingerprint density at radius 1 is 1.19 bits per heavy atom. The van der Waals surface area contributed by atoms with Crippen LogP contribution in [0.2, 0.25) is 0 Å². The number of carbonyl (C=O) groups excluding carboxylic acids is 2. The molecule has 1 aliphatic heterocycles. The Labute approximate surface area is 152 Å². The summed E-state index contributed by atoms with van der Waals surface area (Å²) in [6.07, 6.45) is -4.65. The Bertz CT molecular complexity index is 743. The molecule has 0 unspecified atom stereocenters. The molecule has 0 spiro atoms. The molecule has 1 heterocycles. The van der Waals surface area contributed by atoms with Crippen LogP contribution in [-0.2, 0) is 20.5 Å². The van der Waals surface area contributed by atoms with Gasteiger partial charge < -0.3 is 20.5 Å². The molecule has 0 aliphatic carbocycles. The third-order valence-electron chi connectivity index (χ3n) is 4.16. The molecule has 1 fully saturated rings. The molecule has 2 amide bonds. The summed E-state index contributed by atoms with van der Waals surface area (Å²) in [6, 6.07) is 2.49. The van der Waals surface area contributed by atoms with Crippen LogP contribution in [0.5, 0.6) is 0 Å². The van der Waals surface area contributed by atoms with Gasteiger partial charge in [0.25, 0.3) is 5.91 Å². The van der Waals surface area contributed by atoms with E-state index in [1.54, 1.807) is 0 Å². The summed E-state index contributed by atoms with van der Waals surface area (Å²) in [5, 5.41) is 13.9. The molecule has 27 heavy (non-hydrogen) atoms. The Morgan fingerprint density at radius 3 is 2.33 bits per heavy atom. The molecule has 0 bridgehead atoms. The number of benzene rings is 1. The van der Waals surface area contributed by atoms with Crippen LogP contribution in [0, 0.1) is 0 Å². The van der Waals surface area contributed by atoms with Crippen LogP contribution in [-0.4, -0.2) is 41.6 Å². The smallest absolute Gasteiger partial charge is 0.416 e. The first-order valence-corrected chi connectivity index (χ1v) is 8.13. The average molecular weight is 388 g/mol. The third-order valence-corrected chi connectivity index (χ3v) is 4.16. The number of aliphatic carboxylic acids is 1. The highest BCUT2D eigenvalue weighted by atomic mass is 19.4. The van der Waals surface area contributed by atoms with Gasteiger partial charge in [-0.3, -0.25) is 14.4 Å². The van der Waals surface area contributed by atoms with Crippen molar-refractivity contribution in [3.8, 4) is 0 Å². The Balaban J connectivity index is 2.35. The van der Waals surface area contributed by atoms with Gasteiger partial charge in [-0.1, -0.05) is 0 Å². The molecule has 10 heteroatoms. The zero-order valence-electron chi connectivity index (χ0n) is 14.5. The zero-order chi connectivity index (χ0) is 20.2. The number of nitrogens with one attached hydrogen (secondary N) is 2. The van der Waals surface area contributed by atoms with Gasteiger partial charge in [0, 0.05) is 31.4 Å². The number of carbonyl (C=O) groups is 3. The van der Waals surface area contributed by atoms with Crippen molar-refractivity contribution >= 4 is 23.5 Å². The van der Waals surface area contributed by atoms with Crippen LogP contribution in [0.15, 0.2) is 18.2 Å². The highest BCUT2D eigenvalue weighted by molar-refractivity contribution is 5.97. The average Bonchev–Trinajstić information content (AvgIpc) is 2.53. The van der Waals surface area contributed by atoms with E-state index in [0.29, 0.717) is 6.07 Å². The molecule has 1 aromatic carbocycles. The van der Waals surface area contributed by atoms with Gasteiger partial charge in [0.1, 0.15) is 0 Å². The summed E-state index contributed by atoms with van der Waals surface area (Å²) in [6.45, 7) is 1.59. The Hall–Kier alpha value is -2.62. The standard InChI is InChI=1S/C17H19F3N2O5/c1-10(23)21-13-7-11(6-12(8-13)17(18,19)20)15(26)22-16(9-14(24)25)2-4-27-5-3-16/h6-8H,2-5,9H2,1H3,(H,21,23)(H,22,26)(H,24,25). The number of carboxylic acid groups (broad SMARTS) is 1. The Morgan fingerprint density at radius 2 is 1.81 bits per heavy atom. The maximum absolute atomic E-state index is 13.1. The van der Waals surface area contributed by atoms with Crippen molar-refractivity contribution in [3.63, 3.8) is 0 Å². The van der Waals surface area contributed by atoms with E-state index in [9.17, 15) is 27.6 Å². The van der Waals surface area contributed by atoms with E-state index in [4.69, 9.17) is 9.84 Å². The summed E-state index contributed by atoms with van der Waals surface area (Å²) in [5.74, 6) is -2.58. The van der Waals surface area contributed by atoms with Gasteiger partial charge in [0.2, 0.25) is 5.91 Å². The van der Waals surface area contributed by atoms with E-state index in [1.165, 1.54) is 0 Å². The van der Waals surface area contributed by atoms with Gasteiger partial charge in [0.15, 0.2) is 0 Å². The predicted octanol–water partition coefficient (Wildman–Crippen LogP) is 2.42.